The molecule has 1 saturated heterocycles. The number of nitrogen functional groups attached to an aromatic ring is 1. The lowest BCUT2D eigenvalue weighted by atomic mass is 10.1. The van der Waals surface area contributed by atoms with Crippen molar-refractivity contribution in [2.75, 3.05) is 33.0 Å². The van der Waals surface area contributed by atoms with Crippen LogP contribution in [0.5, 0.6) is 11.5 Å². The fraction of sp³-hybridized carbons (Fsp3) is 0.320. The van der Waals surface area contributed by atoms with E-state index in [1.165, 1.54) is 19.2 Å². The Hall–Kier alpha value is -4.06. The third-order valence-corrected chi connectivity index (χ3v) is 5.88. The predicted molar refractivity (Wildman–Crippen MR) is 127 cm³/mol. The summed E-state index contributed by atoms with van der Waals surface area (Å²) in [5, 5.41) is 5.22. The van der Waals surface area contributed by atoms with Crippen LogP contribution in [0.4, 0.5) is 10.2 Å². The van der Waals surface area contributed by atoms with Gasteiger partial charge in [0.1, 0.15) is 29.2 Å². The van der Waals surface area contributed by atoms with E-state index in [9.17, 15) is 9.18 Å². The highest BCUT2D eigenvalue weighted by atomic mass is 19.1. The van der Waals surface area contributed by atoms with E-state index >= 15 is 0 Å². The average molecular weight is 464 g/mol. The number of benzene rings is 1. The zero-order valence-electron chi connectivity index (χ0n) is 19.3. The number of fused-ring (bicyclic) bond motifs is 1. The van der Waals surface area contributed by atoms with Crippen LogP contribution < -0.4 is 15.2 Å². The number of carbonyl (C=O) groups excluding carboxylic acids is 1. The van der Waals surface area contributed by atoms with Gasteiger partial charge in [-0.25, -0.2) is 9.37 Å². The van der Waals surface area contributed by atoms with Crippen molar-refractivity contribution in [3.05, 3.63) is 53.9 Å². The van der Waals surface area contributed by atoms with Crippen LogP contribution in [0.25, 0.3) is 10.9 Å². The number of halogens is 1. The number of hydrogen-bond donors (Lipinski definition) is 1. The number of nitrogens with two attached hydrogens (primary N) is 1. The van der Waals surface area contributed by atoms with Crippen LogP contribution >= 0.6 is 0 Å². The van der Waals surface area contributed by atoms with Gasteiger partial charge in [0.15, 0.2) is 0 Å². The molecule has 0 bridgehead atoms. The molecule has 1 aliphatic rings. The summed E-state index contributed by atoms with van der Waals surface area (Å²) in [7, 11) is 3.13. The summed E-state index contributed by atoms with van der Waals surface area (Å²) in [5.41, 5.74) is 8.19. The first kappa shape index (κ1) is 23.1. The topological polar surface area (TPSA) is 95.5 Å². The number of rotatable bonds is 5. The van der Waals surface area contributed by atoms with Crippen LogP contribution in [0, 0.1) is 11.8 Å². The minimum absolute atomic E-state index is 0.147. The maximum atomic E-state index is 14.6. The van der Waals surface area contributed by atoms with Gasteiger partial charge in [-0.3, -0.25) is 9.48 Å². The number of anilines is 1. The van der Waals surface area contributed by atoms with Gasteiger partial charge in [0.2, 0.25) is 5.91 Å². The van der Waals surface area contributed by atoms with E-state index in [1.807, 2.05) is 0 Å². The van der Waals surface area contributed by atoms with Crippen LogP contribution in [-0.4, -0.2) is 52.9 Å². The van der Waals surface area contributed by atoms with Crippen molar-refractivity contribution in [2.24, 2.45) is 0 Å². The van der Waals surface area contributed by atoms with Gasteiger partial charge in [0.05, 0.1) is 31.2 Å². The Bertz CT molecular complexity index is 1300. The molecule has 34 heavy (non-hydrogen) atoms. The van der Waals surface area contributed by atoms with Gasteiger partial charge in [-0.05, 0) is 37.5 Å². The molecule has 3 aromatic rings. The number of carbonyl (C=O) groups is 1. The van der Waals surface area contributed by atoms with E-state index in [0.717, 1.165) is 0 Å². The molecule has 0 aliphatic carbocycles. The molecule has 0 spiro atoms. The van der Waals surface area contributed by atoms with Crippen LogP contribution in [0.1, 0.15) is 42.4 Å². The van der Waals surface area contributed by atoms with Crippen molar-refractivity contribution in [1.29, 1.82) is 0 Å². The highest BCUT2D eigenvalue weighted by Gasteiger charge is 2.30. The number of likely N-dealkylation sites (tertiary alicyclic amines) is 1. The quantitative estimate of drug-likeness (QED) is 0.460. The fourth-order valence-electron chi connectivity index (χ4n) is 4.14. The molecule has 8 nitrogen and oxygen atoms in total. The van der Waals surface area contributed by atoms with E-state index < -0.39 is 6.17 Å². The van der Waals surface area contributed by atoms with Crippen molar-refractivity contribution in [1.82, 2.24) is 19.7 Å². The predicted octanol–water partition coefficient (Wildman–Crippen LogP) is 3.42. The van der Waals surface area contributed by atoms with Gasteiger partial charge < -0.3 is 20.1 Å². The molecule has 0 saturated carbocycles. The van der Waals surface area contributed by atoms with E-state index in [-0.39, 0.29) is 17.8 Å². The Morgan fingerprint density at radius 1 is 1.29 bits per heavy atom. The summed E-state index contributed by atoms with van der Waals surface area (Å²) in [5.74, 6) is 7.43. The van der Waals surface area contributed by atoms with E-state index in [2.05, 4.69) is 23.4 Å². The Labute approximate surface area is 197 Å². The summed E-state index contributed by atoms with van der Waals surface area (Å²) in [4.78, 5) is 18.0. The number of amides is 1. The molecule has 1 aliphatic heterocycles. The monoisotopic (exact) mass is 463 g/mol. The van der Waals surface area contributed by atoms with Crippen LogP contribution in [-0.2, 0) is 4.79 Å². The molecule has 1 amide bonds. The molecule has 1 fully saturated rings. The first-order valence-electron chi connectivity index (χ1n) is 10.8. The maximum Gasteiger partial charge on any atom is 0.246 e. The minimum Gasteiger partial charge on any atom is -0.497 e. The number of methoxy groups -OCH3 is 2. The second-order valence-corrected chi connectivity index (χ2v) is 8.01. The molecule has 3 heterocycles. The van der Waals surface area contributed by atoms with Crippen LogP contribution in [0.3, 0.4) is 0 Å². The molecule has 2 N–H and O–H groups in total. The lowest BCUT2D eigenvalue weighted by molar-refractivity contribution is -0.125. The number of alkyl halides is 1. The van der Waals surface area contributed by atoms with Gasteiger partial charge in [-0.1, -0.05) is 12.5 Å². The van der Waals surface area contributed by atoms with Crippen molar-refractivity contribution in [3.63, 3.8) is 0 Å². The molecule has 2 aromatic heterocycles. The molecule has 1 unspecified atom stereocenters. The lowest BCUT2D eigenvalue weighted by Crippen LogP contribution is -2.27. The molecular weight excluding hydrogens is 437 g/mol. The van der Waals surface area contributed by atoms with E-state index in [0.29, 0.717) is 58.7 Å². The Morgan fingerprint density at radius 2 is 2.00 bits per heavy atom. The highest BCUT2D eigenvalue weighted by molar-refractivity contribution is 5.95. The number of ether oxygens (including phenoxy) is 2. The van der Waals surface area contributed by atoms with E-state index in [4.69, 9.17) is 20.3 Å². The van der Waals surface area contributed by atoms with Gasteiger partial charge >= 0.3 is 0 Å². The van der Waals surface area contributed by atoms with Crippen molar-refractivity contribution in [3.8, 4) is 23.3 Å². The first-order chi connectivity index (χ1) is 16.4. The number of pyridine rings is 1. The highest BCUT2D eigenvalue weighted by Crippen LogP contribution is 2.35. The van der Waals surface area contributed by atoms with E-state index in [1.54, 1.807) is 42.0 Å². The van der Waals surface area contributed by atoms with Crippen molar-refractivity contribution in [2.45, 2.75) is 25.6 Å². The third-order valence-electron chi connectivity index (χ3n) is 5.88. The number of aromatic nitrogens is 3. The first-order valence-corrected chi connectivity index (χ1v) is 10.8. The standard InChI is InChI=1S/C25H26FN5O3/c1-5-22(32)30-9-8-17(14-30)31-24-20(15(2)26)13-28-25(27)23(24)21(29-31)7-6-16-10-18(33-3)12-19(11-16)34-4/h5,10-13,15,17H,1,8-9,14H2,2-4H3,(H2,27,28)/t15?,17-/m0/s1. The molecular formula is C25H26FN5O3. The second-order valence-electron chi connectivity index (χ2n) is 8.01. The van der Waals surface area contributed by atoms with Crippen molar-refractivity contribution >= 4 is 22.6 Å². The minimum atomic E-state index is -1.29. The SMILES string of the molecule is C=CC(=O)N1CC[C@H](n2nc(C#Cc3cc(OC)cc(OC)c3)c3c(N)ncc(C(C)F)c32)C1. The zero-order chi connectivity index (χ0) is 24.4. The molecule has 0 radical (unpaired) electrons. The molecule has 9 heteroatoms. The Balaban J connectivity index is 1.85. The largest absolute Gasteiger partial charge is 0.497 e. The second kappa shape index (κ2) is 9.43. The summed E-state index contributed by atoms with van der Waals surface area (Å²) < 4.78 is 27.0. The molecule has 4 rings (SSSR count). The molecule has 2 atom stereocenters. The average Bonchev–Trinajstić information content (AvgIpc) is 3.47. The number of nitrogens with zero attached hydrogens (tertiary/aromatic N) is 4. The fourth-order valence-corrected chi connectivity index (χ4v) is 4.14. The van der Waals surface area contributed by atoms with Gasteiger partial charge in [-0.15, -0.1) is 0 Å². The lowest BCUT2D eigenvalue weighted by Gasteiger charge is -2.16. The van der Waals surface area contributed by atoms with Crippen molar-refractivity contribution < 1.29 is 18.7 Å². The summed E-state index contributed by atoms with van der Waals surface area (Å²) in [6.07, 6.45) is 2.10. The Kier molecular flexibility index (Phi) is 6.41. The van der Waals surface area contributed by atoms with Crippen LogP contribution in [0.15, 0.2) is 37.1 Å². The van der Waals surface area contributed by atoms with Gasteiger partial charge in [0, 0.05) is 36.5 Å². The third kappa shape index (κ3) is 4.27. The normalized spacial score (nSPS) is 16.1. The molecule has 1 aromatic carbocycles. The Morgan fingerprint density at radius 3 is 2.62 bits per heavy atom. The van der Waals surface area contributed by atoms with Gasteiger partial charge in [0.25, 0.3) is 0 Å². The number of hydrogen-bond acceptors (Lipinski definition) is 6. The smallest absolute Gasteiger partial charge is 0.246 e. The summed E-state index contributed by atoms with van der Waals surface area (Å²) in [6.45, 7) is 6.00. The van der Waals surface area contributed by atoms with Crippen LogP contribution in [0.2, 0.25) is 0 Å². The summed E-state index contributed by atoms with van der Waals surface area (Å²) >= 11 is 0. The maximum absolute atomic E-state index is 14.6. The zero-order valence-corrected chi connectivity index (χ0v) is 19.3. The van der Waals surface area contributed by atoms with Gasteiger partial charge in [-0.2, -0.15) is 5.10 Å². The summed E-state index contributed by atoms with van der Waals surface area (Å²) in [6, 6.07) is 5.16. The molecule has 176 valence electrons.